The molecule has 3 rings (SSSR count). The van der Waals surface area contributed by atoms with E-state index in [0.717, 1.165) is 24.9 Å². The molecular weight excluding hydrogens is 400 g/mol. The van der Waals surface area contributed by atoms with Gasteiger partial charge in [-0.1, -0.05) is 55.5 Å². The number of nitrogens with zero attached hydrogens (tertiary/aromatic N) is 4. The van der Waals surface area contributed by atoms with E-state index in [1.807, 2.05) is 30.3 Å². The Bertz CT molecular complexity index is 989. The molecule has 0 unspecified atom stereocenters. The van der Waals surface area contributed by atoms with Gasteiger partial charge in [-0.05, 0) is 31.9 Å². The third kappa shape index (κ3) is 5.60. The van der Waals surface area contributed by atoms with Gasteiger partial charge in [0.2, 0.25) is 5.88 Å². The second-order valence-corrected chi connectivity index (χ2v) is 7.38. The highest BCUT2D eigenvalue weighted by atomic mass is 32.2. The van der Waals surface area contributed by atoms with Gasteiger partial charge >= 0.3 is 5.97 Å². The van der Waals surface area contributed by atoms with E-state index in [9.17, 15) is 4.79 Å². The van der Waals surface area contributed by atoms with Gasteiger partial charge in [-0.25, -0.2) is 9.97 Å². The number of aromatic nitrogens is 4. The number of carbonyl (C=O) groups is 1. The fraction of sp³-hybridized carbons (Fsp3) is 0.364. The van der Waals surface area contributed by atoms with E-state index in [2.05, 4.69) is 29.0 Å². The van der Waals surface area contributed by atoms with Crippen molar-refractivity contribution in [2.45, 2.75) is 38.1 Å². The molecule has 2 heterocycles. The lowest BCUT2D eigenvalue weighted by Gasteiger charge is -2.08. The number of carbonyl (C=O) groups excluding carboxylic acids is 1. The summed E-state index contributed by atoms with van der Waals surface area (Å²) in [6, 6.07) is 9.76. The molecule has 0 saturated heterocycles. The van der Waals surface area contributed by atoms with E-state index in [0.29, 0.717) is 35.2 Å². The first-order valence-electron chi connectivity index (χ1n) is 10.1. The molecule has 0 bridgehead atoms. The second-order valence-electron chi connectivity index (χ2n) is 6.42. The van der Waals surface area contributed by atoms with Gasteiger partial charge in [-0.2, -0.15) is 9.78 Å². The smallest absolute Gasteiger partial charge is 0.316 e. The first-order valence-corrected chi connectivity index (χ1v) is 11.1. The Morgan fingerprint density at radius 2 is 1.90 bits per heavy atom. The summed E-state index contributed by atoms with van der Waals surface area (Å²) in [5.41, 5.74) is 2.10. The normalized spacial score (nSPS) is 11.3. The third-order valence-corrected chi connectivity index (χ3v) is 5.11. The van der Waals surface area contributed by atoms with E-state index in [4.69, 9.17) is 14.6 Å². The van der Waals surface area contributed by atoms with Crippen molar-refractivity contribution in [3.63, 3.8) is 0 Å². The lowest BCUT2D eigenvalue weighted by atomic mass is 10.3. The number of hydrogen-bond acceptors (Lipinski definition) is 7. The Morgan fingerprint density at radius 3 is 2.67 bits per heavy atom. The van der Waals surface area contributed by atoms with Gasteiger partial charge in [-0.3, -0.25) is 4.79 Å². The SMILES string of the molecule is CCC/C=C/CCOc1c2ncnc(SCC(=O)OCC)c2nn1-c1ccccc1. The van der Waals surface area contributed by atoms with Gasteiger partial charge in [0.1, 0.15) is 16.9 Å². The minimum absolute atomic E-state index is 0.163. The number of allylic oxidation sites excluding steroid dienone is 1. The van der Waals surface area contributed by atoms with Crippen LogP contribution in [0.4, 0.5) is 0 Å². The van der Waals surface area contributed by atoms with Crippen LogP contribution in [0.5, 0.6) is 5.88 Å². The van der Waals surface area contributed by atoms with Gasteiger partial charge in [-0.15, -0.1) is 0 Å². The zero-order valence-electron chi connectivity index (χ0n) is 17.3. The highest BCUT2D eigenvalue weighted by molar-refractivity contribution is 8.00. The average molecular weight is 427 g/mol. The number of thioether (sulfide) groups is 1. The van der Waals surface area contributed by atoms with Crippen LogP contribution in [-0.2, 0) is 9.53 Å². The van der Waals surface area contributed by atoms with Crippen molar-refractivity contribution >= 4 is 28.8 Å². The van der Waals surface area contributed by atoms with Gasteiger partial charge < -0.3 is 9.47 Å². The predicted octanol–water partition coefficient (Wildman–Crippen LogP) is 4.60. The fourth-order valence-corrected chi connectivity index (χ4v) is 3.52. The molecule has 0 spiro atoms. The Labute approximate surface area is 180 Å². The number of para-hydroxylation sites is 1. The number of esters is 1. The molecule has 0 atom stereocenters. The number of rotatable bonds is 11. The van der Waals surface area contributed by atoms with Crippen LogP contribution in [0.3, 0.4) is 0 Å². The van der Waals surface area contributed by atoms with Crippen LogP contribution in [-0.4, -0.2) is 44.7 Å². The number of hydrogen-bond donors (Lipinski definition) is 0. The molecule has 0 radical (unpaired) electrons. The summed E-state index contributed by atoms with van der Waals surface area (Å²) in [5, 5.41) is 5.33. The van der Waals surface area contributed by atoms with Crippen LogP contribution in [0, 0.1) is 0 Å². The van der Waals surface area contributed by atoms with Gasteiger partial charge in [0, 0.05) is 0 Å². The Morgan fingerprint density at radius 1 is 1.10 bits per heavy atom. The largest absolute Gasteiger partial charge is 0.476 e. The summed E-state index contributed by atoms with van der Waals surface area (Å²) in [4.78, 5) is 20.5. The van der Waals surface area contributed by atoms with Crippen LogP contribution in [0.15, 0.2) is 53.8 Å². The maximum atomic E-state index is 11.8. The van der Waals surface area contributed by atoms with E-state index in [1.54, 1.807) is 11.6 Å². The summed E-state index contributed by atoms with van der Waals surface area (Å²) in [6.45, 7) is 4.81. The number of ether oxygens (including phenoxy) is 2. The van der Waals surface area contributed by atoms with Crippen LogP contribution < -0.4 is 4.74 Å². The lowest BCUT2D eigenvalue weighted by Crippen LogP contribution is -2.06. The van der Waals surface area contributed by atoms with Crippen LogP contribution in [0.2, 0.25) is 0 Å². The van der Waals surface area contributed by atoms with E-state index >= 15 is 0 Å². The molecule has 0 aliphatic heterocycles. The first kappa shape index (κ1) is 21.8. The first-order chi connectivity index (χ1) is 14.7. The Kier molecular flexibility index (Phi) is 8.26. The maximum absolute atomic E-state index is 11.8. The van der Waals surface area contributed by atoms with Gasteiger partial charge in [0.15, 0.2) is 5.52 Å². The molecule has 1 aromatic carbocycles. The lowest BCUT2D eigenvalue weighted by molar-refractivity contribution is -0.139. The van der Waals surface area contributed by atoms with Crippen molar-refractivity contribution < 1.29 is 14.3 Å². The van der Waals surface area contributed by atoms with Crippen molar-refractivity contribution in [1.82, 2.24) is 19.7 Å². The van der Waals surface area contributed by atoms with Gasteiger partial charge in [0.25, 0.3) is 0 Å². The van der Waals surface area contributed by atoms with Crippen LogP contribution >= 0.6 is 11.8 Å². The minimum Gasteiger partial charge on any atom is -0.476 e. The maximum Gasteiger partial charge on any atom is 0.316 e. The van der Waals surface area contributed by atoms with Crippen LogP contribution in [0.1, 0.15) is 33.1 Å². The molecule has 0 aliphatic rings. The summed E-state index contributed by atoms with van der Waals surface area (Å²) in [6.07, 6.45) is 8.77. The van der Waals surface area contributed by atoms with E-state index in [1.165, 1.54) is 18.1 Å². The zero-order valence-corrected chi connectivity index (χ0v) is 18.1. The van der Waals surface area contributed by atoms with Gasteiger partial charge in [0.05, 0.1) is 24.7 Å². The monoisotopic (exact) mass is 426 g/mol. The topological polar surface area (TPSA) is 79.1 Å². The summed E-state index contributed by atoms with van der Waals surface area (Å²) in [7, 11) is 0. The second kappa shape index (κ2) is 11.3. The Balaban J connectivity index is 1.89. The third-order valence-electron chi connectivity index (χ3n) is 4.16. The molecule has 3 aromatic rings. The molecule has 0 amide bonds. The van der Waals surface area contributed by atoms with E-state index < -0.39 is 0 Å². The molecule has 0 fully saturated rings. The molecule has 0 N–H and O–H groups in total. The molecule has 158 valence electrons. The highest BCUT2D eigenvalue weighted by Crippen LogP contribution is 2.32. The molecule has 30 heavy (non-hydrogen) atoms. The van der Waals surface area contributed by atoms with Crippen molar-refractivity contribution in [3.05, 3.63) is 48.8 Å². The highest BCUT2D eigenvalue weighted by Gasteiger charge is 2.20. The van der Waals surface area contributed by atoms with Crippen LogP contribution in [0.25, 0.3) is 16.7 Å². The Hall–Kier alpha value is -2.87. The average Bonchev–Trinajstić information content (AvgIpc) is 3.15. The quantitative estimate of drug-likeness (QED) is 0.146. The van der Waals surface area contributed by atoms with Crippen molar-refractivity contribution in [2.75, 3.05) is 19.0 Å². The molecular formula is C22H26N4O3S. The standard InChI is InChI=1S/C22H26N4O3S/c1-3-5-6-7-11-14-29-22-20-19(25-26(22)17-12-9-8-10-13-17)21(24-16-23-20)30-15-18(27)28-4-2/h6-10,12-13,16H,3-5,11,14-15H2,1-2H3/b7-6+. The summed E-state index contributed by atoms with van der Waals surface area (Å²) >= 11 is 1.28. The zero-order chi connectivity index (χ0) is 21.2. The van der Waals surface area contributed by atoms with E-state index in [-0.39, 0.29) is 11.7 Å². The summed E-state index contributed by atoms with van der Waals surface area (Å²) in [5.74, 6) is 0.448. The number of benzene rings is 1. The van der Waals surface area contributed by atoms with Crippen molar-refractivity contribution in [2.24, 2.45) is 0 Å². The number of fused-ring (bicyclic) bond motifs is 1. The number of unbranched alkanes of at least 4 members (excludes halogenated alkanes) is 1. The van der Waals surface area contributed by atoms with Crippen molar-refractivity contribution in [3.8, 4) is 11.6 Å². The predicted molar refractivity (Wildman–Crippen MR) is 118 cm³/mol. The summed E-state index contributed by atoms with van der Waals surface area (Å²) < 4.78 is 12.8. The molecule has 8 heteroatoms. The fourth-order valence-electron chi connectivity index (χ4n) is 2.79. The molecule has 0 aliphatic carbocycles. The molecule has 0 saturated carbocycles. The molecule has 7 nitrogen and oxygen atoms in total. The minimum atomic E-state index is -0.285. The van der Waals surface area contributed by atoms with Crippen molar-refractivity contribution in [1.29, 1.82) is 0 Å². The molecule has 2 aromatic heterocycles.